The number of carbonyl (C=O) groups is 1. The number of ether oxygens (including phenoxy) is 3. The van der Waals surface area contributed by atoms with Crippen LogP contribution in [0.5, 0.6) is 17.2 Å². The van der Waals surface area contributed by atoms with Gasteiger partial charge in [0.1, 0.15) is 5.75 Å². The highest BCUT2D eigenvalue weighted by Crippen LogP contribution is 2.37. The van der Waals surface area contributed by atoms with Crippen molar-refractivity contribution in [3.8, 4) is 17.2 Å². The molecule has 0 fully saturated rings. The smallest absolute Gasteiger partial charge is 0.247 e. The molecule has 0 spiro atoms. The fourth-order valence-electron chi connectivity index (χ4n) is 3.07. The monoisotopic (exact) mass is 383 g/mol. The molecule has 0 aliphatic rings. The Labute approximate surface area is 167 Å². The highest BCUT2D eigenvalue weighted by atomic mass is 16.5. The maximum Gasteiger partial charge on any atom is 0.247 e. The number of amides is 1. The molecule has 2 aromatic rings. The van der Waals surface area contributed by atoms with Crippen molar-refractivity contribution in [2.45, 2.75) is 27.2 Å². The molecule has 0 aliphatic heterocycles. The third-order valence-electron chi connectivity index (χ3n) is 4.63. The van der Waals surface area contributed by atoms with E-state index in [0.29, 0.717) is 23.6 Å². The number of aryl methyl sites for hydroxylation is 1. The zero-order valence-corrected chi connectivity index (χ0v) is 17.5. The average Bonchev–Trinajstić information content (AvgIpc) is 2.73. The van der Waals surface area contributed by atoms with E-state index in [1.165, 1.54) is 0 Å². The van der Waals surface area contributed by atoms with Crippen molar-refractivity contribution in [2.24, 2.45) is 0 Å². The quantitative estimate of drug-likeness (QED) is 0.688. The van der Waals surface area contributed by atoms with Gasteiger partial charge in [0, 0.05) is 12.1 Å². The van der Waals surface area contributed by atoms with Crippen molar-refractivity contribution in [3.05, 3.63) is 58.7 Å². The van der Waals surface area contributed by atoms with Crippen LogP contribution in [0.2, 0.25) is 0 Å². The van der Waals surface area contributed by atoms with E-state index in [1.54, 1.807) is 21.3 Å². The maximum absolute atomic E-state index is 12.8. The molecule has 5 nitrogen and oxygen atoms in total. The number of carbonyl (C=O) groups excluding carboxylic acids is 1. The predicted octanol–water partition coefficient (Wildman–Crippen LogP) is 4.37. The summed E-state index contributed by atoms with van der Waals surface area (Å²) in [5, 5.41) is 2.97. The Kier molecular flexibility index (Phi) is 7.50. The van der Waals surface area contributed by atoms with E-state index in [4.69, 9.17) is 14.2 Å². The number of benzene rings is 2. The number of hydrogen-bond donors (Lipinski definition) is 1. The minimum Gasteiger partial charge on any atom is -0.497 e. The first kappa shape index (κ1) is 21.4. The Balaban J connectivity index is 2.69. The van der Waals surface area contributed by atoms with Gasteiger partial charge in [-0.25, -0.2) is 0 Å². The second kappa shape index (κ2) is 9.83. The molecule has 2 aromatic carbocycles. The van der Waals surface area contributed by atoms with Crippen molar-refractivity contribution in [2.75, 3.05) is 27.9 Å². The first-order chi connectivity index (χ1) is 13.5. The molecule has 150 valence electrons. The molecule has 0 atom stereocenters. The van der Waals surface area contributed by atoms with Gasteiger partial charge in [0.2, 0.25) is 5.91 Å². The molecule has 1 amide bonds. The van der Waals surface area contributed by atoms with E-state index < -0.39 is 0 Å². The lowest BCUT2D eigenvalue weighted by Gasteiger charge is -2.18. The number of rotatable bonds is 8. The topological polar surface area (TPSA) is 56.8 Å². The van der Waals surface area contributed by atoms with Gasteiger partial charge in [0.15, 0.2) is 11.5 Å². The van der Waals surface area contributed by atoms with Gasteiger partial charge in [0.05, 0.1) is 21.3 Å². The Bertz CT molecular complexity index is 854. The first-order valence-electron chi connectivity index (χ1n) is 9.33. The molecule has 0 radical (unpaired) electrons. The lowest BCUT2D eigenvalue weighted by Crippen LogP contribution is -2.25. The summed E-state index contributed by atoms with van der Waals surface area (Å²) in [6.07, 6.45) is 0.881. The van der Waals surface area contributed by atoms with Gasteiger partial charge in [-0.2, -0.15) is 0 Å². The normalized spacial score (nSPS) is 11.5. The molecule has 0 heterocycles. The van der Waals surface area contributed by atoms with E-state index in [9.17, 15) is 4.79 Å². The Morgan fingerprint density at radius 1 is 0.964 bits per heavy atom. The standard InChI is InChI=1S/C23H29NO4/c1-7-12-24-23(25)16(3)22(17-8-10-18(26-4)11-9-17)19-14-21(28-6)20(27-5)13-15(19)2/h8-11,13-14H,7,12H2,1-6H3,(H,24,25)/b22-16+. The van der Waals surface area contributed by atoms with Crippen LogP contribution >= 0.6 is 0 Å². The summed E-state index contributed by atoms with van der Waals surface area (Å²) in [7, 11) is 4.85. The van der Waals surface area contributed by atoms with E-state index in [0.717, 1.165) is 34.4 Å². The Morgan fingerprint density at radius 3 is 2.11 bits per heavy atom. The highest BCUT2D eigenvalue weighted by molar-refractivity contribution is 6.04. The lowest BCUT2D eigenvalue weighted by molar-refractivity contribution is -0.117. The Morgan fingerprint density at radius 2 is 1.57 bits per heavy atom. The van der Waals surface area contributed by atoms with Crippen LogP contribution < -0.4 is 19.5 Å². The van der Waals surface area contributed by atoms with Gasteiger partial charge in [0.25, 0.3) is 0 Å². The summed E-state index contributed by atoms with van der Waals surface area (Å²) in [4.78, 5) is 12.8. The van der Waals surface area contributed by atoms with Crippen molar-refractivity contribution in [1.29, 1.82) is 0 Å². The van der Waals surface area contributed by atoms with Crippen LogP contribution in [0.15, 0.2) is 42.0 Å². The van der Waals surface area contributed by atoms with Crippen molar-refractivity contribution in [1.82, 2.24) is 5.32 Å². The van der Waals surface area contributed by atoms with Crippen LogP contribution in [0, 0.1) is 6.92 Å². The number of nitrogens with one attached hydrogen (secondary N) is 1. The van der Waals surface area contributed by atoms with Crippen LogP contribution in [0.25, 0.3) is 5.57 Å². The molecule has 0 aromatic heterocycles. The van der Waals surface area contributed by atoms with Crippen LogP contribution in [0.3, 0.4) is 0 Å². The molecular formula is C23H29NO4. The molecule has 0 aliphatic carbocycles. The zero-order chi connectivity index (χ0) is 20.7. The number of methoxy groups -OCH3 is 3. The van der Waals surface area contributed by atoms with Crippen molar-refractivity contribution >= 4 is 11.5 Å². The minimum atomic E-state index is -0.0816. The SMILES string of the molecule is CCCNC(=O)/C(C)=C(\c1ccc(OC)cc1)c1cc(OC)c(OC)cc1C. The summed E-state index contributed by atoms with van der Waals surface area (Å²) >= 11 is 0. The first-order valence-corrected chi connectivity index (χ1v) is 9.33. The van der Waals surface area contributed by atoms with E-state index in [-0.39, 0.29) is 5.91 Å². The van der Waals surface area contributed by atoms with Gasteiger partial charge in [-0.3, -0.25) is 4.79 Å². The highest BCUT2D eigenvalue weighted by Gasteiger charge is 2.19. The van der Waals surface area contributed by atoms with Crippen LogP contribution in [-0.4, -0.2) is 33.8 Å². The van der Waals surface area contributed by atoms with Gasteiger partial charge < -0.3 is 19.5 Å². The van der Waals surface area contributed by atoms with Crippen LogP contribution in [0.4, 0.5) is 0 Å². The lowest BCUT2D eigenvalue weighted by atomic mass is 9.90. The fraction of sp³-hybridized carbons (Fsp3) is 0.348. The summed E-state index contributed by atoms with van der Waals surface area (Å²) in [6, 6.07) is 11.5. The molecule has 0 bridgehead atoms. The molecule has 1 N–H and O–H groups in total. The van der Waals surface area contributed by atoms with Crippen LogP contribution in [0.1, 0.15) is 37.0 Å². The Hall–Kier alpha value is -2.95. The molecule has 0 saturated carbocycles. The second-order valence-corrected chi connectivity index (χ2v) is 6.51. The summed E-state index contributed by atoms with van der Waals surface area (Å²) in [6.45, 7) is 6.51. The van der Waals surface area contributed by atoms with Crippen molar-refractivity contribution < 1.29 is 19.0 Å². The molecule has 0 saturated heterocycles. The maximum atomic E-state index is 12.8. The van der Waals surface area contributed by atoms with Gasteiger partial charge in [-0.15, -0.1) is 0 Å². The third kappa shape index (κ3) is 4.66. The number of hydrogen-bond acceptors (Lipinski definition) is 4. The average molecular weight is 383 g/mol. The minimum absolute atomic E-state index is 0.0816. The third-order valence-corrected chi connectivity index (χ3v) is 4.63. The molecule has 0 unspecified atom stereocenters. The summed E-state index contributed by atoms with van der Waals surface area (Å²) in [5.41, 5.74) is 4.35. The largest absolute Gasteiger partial charge is 0.497 e. The second-order valence-electron chi connectivity index (χ2n) is 6.51. The van der Waals surface area contributed by atoms with Gasteiger partial charge >= 0.3 is 0 Å². The van der Waals surface area contributed by atoms with E-state index in [1.807, 2.05) is 57.2 Å². The van der Waals surface area contributed by atoms with Gasteiger partial charge in [-0.05, 0) is 66.8 Å². The predicted molar refractivity (Wildman–Crippen MR) is 112 cm³/mol. The fourth-order valence-corrected chi connectivity index (χ4v) is 3.07. The van der Waals surface area contributed by atoms with Gasteiger partial charge in [-0.1, -0.05) is 19.1 Å². The summed E-state index contributed by atoms with van der Waals surface area (Å²) in [5.74, 6) is 1.96. The molecule has 28 heavy (non-hydrogen) atoms. The van der Waals surface area contributed by atoms with Crippen molar-refractivity contribution in [3.63, 3.8) is 0 Å². The van der Waals surface area contributed by atoms with E-state index in [2.05, 4.69) is 5.32 Å². The van der Waals surface area contributed by atoms with E-state index >= 15 is 0 Å². The van der Waals surface area contributed by atoms with Crippen LogP contribution in [-0.2, 0) is 4.79 Å². The molecular weight excluding hydrogens is 354 g/mol. The molecule has 2 rings (SSSR count). The summed E-state index contributed by atoms with van der Waals surface area (Å²) < 4.78 is 16.2. The molecule has 5 heteroatoms. The zero-order valence-electron chi connectivity index (χ0n) is 17.5.